The van der Waals surface area contributed by atoms with Crippen LogP contribution in [-0.4, -0.2) is 23.6 Å². The van der Waals surface area contributed by atoms with Crippen LogP contribution in [0.4, 0.5) is 0 Å². The Hall–Kier alpha value is -2.01. The molecule has 0 unspecified atom stereocenters. The minimum Gasteiger partial charge on any atom is -0.495 e. The van der Waals surface area contributed by atoms with Gasteiger partial charge in [0, 0.05) is 16.5 Å². The highest BCUT2D eigenvalue weighted by atomic mass is 32.2. The van der Waals surface area contributed by atoms with Gasteiger partial charge in [0.15, 0.2) is 0 Å². The Balaban J connectivity index is 2.38. The van der Waals surface area contributed by atoms with E-state index >= 15 is 0 Å². The summed E-state index contributed by atoms with van der Waals surface area (Å²) in [5.41, 5.74) is 2.36. The van der Waals surface area contributed by atoms with Crippen molar-refractivity contribution in [1.29, 1.82) is 0 Å². The van der Waals surface area contributed by atoms with Gasteiger partial charge >= 0.3 is 0 Å². The molecular formula is C15H16N2O2S. The molecule has 0 aliphatic heterocycles. The SMILES string of the molecule is COc1c(/C=C/c2n[nH]c(=O)cc2C)cccc1SC. The number of thioether (sulfide) groups is 1. The maximum atomic E-state index is 11.1. The van der Waals surface area contributed by atoms with Crippen LogP contribution >= 0.6 is 11.8 Å². The Kier molecular flexibility index (Phi) is 4.63. The van der Waals surface area contributed by atoms with Gasteiger partial charge in [0.1, 0.15) is 5.75 Å². The highest BCUT2D eigenvalue weighted by Crippen LogP contribution is 2.32. The lowest BCUT2D eigenvalue weighted by molar-refractivity contribution is 0.404. The first-order valence-corrected chi connectivity index (χ1v) is 7.33. The molecule has 0 saturated heterocycles. The second-order valence-corrected chi connectivity index (χ2v) is 5.06. The van der Waals surface area contributed by atoms with Gasteiger partial charge in [-0.1, -0.05) is 12.1 Å². The van der Waals surface area contributed by atoms with Crippen LogP contribution in [0.5, 0.6) is 5.75 Å². The van der Waals surface area contributed by atoms with E-state index in [0.29, 0.717) is 0 Å². The maximum Gasteiger partial charge on any atom is 0.264 e. The molecule has 2 rings (SSSR count). The number of para-hydroxylation sites is 1. The number of aryl methyl sites for hydroxylation is 1. The second kappa shape index (κ2) is 6.43. The van der Waals surface area contributed by atoms with Crippen molar-refractivity contribution in [3.05, 3.63) is 51.4 Å². The van der Waals surface area contributed by atoms with E-state index < -0.39 is 0 Å². The molecule has 0 bridgehead atoms. The molecule has 0 spiro atoms. The van der Waals surface area contributed by atoms with Crippen LogP contribution in [0.2, 0.25) is 0 Å². The molecule has 0 radical (unpaired) electrons. The zero-order chi connectivity index (χ0) is 14.5. The zero-order valence-electron chi connectivity index (χ0n) is 11.6. The van der Waals surface area contributed by atoms with Crippen molar-refractivity contribution in [2.75, 3.05) is 13.4 Å². The molecule has 0 atom stereocenters. The highest BCUT2D eigenvalue weighted by Gasteiger charge is 2.06. The number of benzene rings is 1. The summed E-state index contributed by atoms with van der Waals surface area (Å²) in [6.07, 6.45) is 5.82. The highest BCUT2D eigenvalue weighted by molar-refractivity contribution is 7.98. The Morgan fingerprint density at radius 1 is 1.35 bits per heavy atom. The lowest BCUT2D eigenvalue weighted by Gasteiger charge is -2.09. The summed E-state index contributed by atoms with van der Waals surface area (Å²) in [7, 11) is 1.66. The van der Waals surface area contributed by atoms with Crippen LogP contribution in [0.15, 0.2) is 34.0 Å². The van der Waals surface area contributed by atoms with E-state index in [1.165, 1.54) is 6.07 Å². The van der Waals surface area contributed by atoms with Gasteiger partial charge in [-0.05, 0) is 37.0 Å². The summed E-state index contributed by atoms with van der Waals surface area (Å²) in [4.78, 5) is 12.2. The third-order valence-electron chi connectivity index (χ3n) is 2.89. The number of aromatic nitrogens is 2. The third kappa shape index (κ3) is 3.11. The number of rotatable bonds is 4. The summed E-state index contributed by atoms with van der Waals surface area (Å²) >= 11 is 1.64. The summed E-state index contributed by atoms with van der Waals surface area (Å²) in [5.74, 6) is 0.846. The van der Waals surface area contributed by atoms with E-state index in [0.717, 1.165) is 27.5 Å². The first kappa shape index (κ1) is 14.4. The van der Waals surface area contributed by atoms with Gasteiger partial charge in [0.25, 0.3) is 5.56 Å². The fourth-order valence-corrected chi connectivity index (χ4v) is 2.49. The van der Waals surface area contributed by atoms with Gasteiger partial charge in [0.05, 0.1) is 12.8 Å². The number of nitrogens with zero attached hydrogens (tertiary/aromatic N) is 1. The van der Waals surface area contributed by atoms with Gasteiger partial charge in [-0.15, -0.1) is 11.8 Å². The van der Waals surface area contributed by atoms with Crippen LogP contribution in [0, 0.1) is 6.92 Å². The monoisotopic (exact) mass is 288 g/mol. The summed E-state index contributed by atoms with van der Waals surface area (Å²) in [6.45, 7) is 1.86. The van der Waals surface area contributed by atoms with E-state index in [1.807, 2.05) is 43.5 Å². The molecule has 1 heterocycles. The molecule has 20 heavy (non-hydrogen) atoms. The average Bonchev–Trinajstić information content (AvgIpc) is 2.45. The number of hydrogen-bond donors (Lipinski definition) is 1. The second-order valence-electron chi connectivity index (χ2n) is 4.22. The molecule has 1 aromatic carbocycles. The van der Waals surface area contributed by atoms with Crippen LogP contribution < -0.4 is 10.3 Å². The molecule has 0 aliphatic carbocycles. The number of nitrogens with one attached hydrogen (secondary N) is 1. The average molecular weight is 288 g/mol. The third-order valence-corrected chi connectivity index (χ3v) is 3.65. The van der Waals surface area contributed by atoms with Gasteiger partial charge in [-0.3, -0.25) is 4.79 Å². The van der Waals surface area contributed by atoms with Crippen molar-refractivity contribution in [3.8, 4) is 5.75 Å². The molecule has 1 N–H and O–H groups in total. The van der Waals surface area contributed by atoms with Gasteiger partial charge in [-0.2, -0.15) is 5.10 Å². The van der Waals surface area contributed by atoms with Crippen molar-refractivity contribution < 1.29 is 4.74 Å². The lowest BCUT2D eigenvalue weighted by Crippen LogP contribution is -2.08. The number of aromatic amines is 1. The van der Waals surface area contributed by atoms with E-state index in [4.69, 9.17) is 4.74 Å². The van der Waals surface area contributed by atoms with E-state index in [2.05, 4.69) is 10.2 Å². The summed E-state index contributed by atoms with van der Waals surface area (Å²) in [5, 5.41) is 6.46. The molecule has 5 heteroatoms. The van der Waals surface area contributed by atoms with E-state index in [1.54, 1.807) is 18.9 Å². The van der Waals surface area contributed by atoms with Gasteiger partial charge < -0.3 is 4.74 Å². The Labute approximate surface area is 121 Å². The molecule has 0 fully saturated rings. The van der Waals surface area contributed by atoms with Crippen molar-refractivity contribution in [2.45, 2.75) is 11.8 Å². The number of H-pyrrole nitrogens is 1. The lowest BCUT2D eigenvalue weighted by atomic mass is 10.1. The number of ether oxygens (including phenoxy) is 1. The molecule has 0 amide bonds. The Morgan fingerprint density at radius 3 is 2.80 bits per heavy atom. The smallest absolute Gasteiger partial charge is 0.264 e. The normalized spacial score (nSPS) is 10.9. The van der Waals surface area contributed by atoms with Crippen molar-refractivity contribution in [2.24, 2.45) is 0 Å². The standard InChI is InChI=1S/C15H16N2O2S/c1-10-9-14(18)17-16-12(10)8-7-11-5-4-6-13(20-3)15(11)19-2/h4-9H,1-3H3,(H,17,18)/b8-7+. The number of methoxy groups -OCH3 is 1. The minimum absolute atomic E-state index is 0.193. The molecule has 0 aliphatic rings. The molecule has 104 valence electrons. The zero-order valence-corrected chi connectivity index (χ0v) is 12.5. The molecule has 4 nitrogen and oxygen atoms in total. The molecule has 2 aromatic rings. The molecule has 1 aromatic heterocycles. The fraction of sp³-hybridized carbons (Fsp3) is 0.200. The first-order valence-electron chi connectivity index (χ1n) is 6.11. The molecular weight excluding hydrogens is 272 g/mol. The van der Waals surface area contributed by atoms with Crippen LogP contribution in [0.25, 0.3) is 12.2 Å². The predicted octanol–water partition coefficient (Wildman–Crippen LogP) is 2.98. The van der Waals surface area contributed by atoms with E-state index in [-0.39, 0.29) is 5.56 Å². The van der Waals surface area contributed by atoms with Crippen LogP contribution in [0.3, 0.4) is 0 Å². The fourth-order valence-electron chi connectivity index (χ4n) is 1.89. The summed E-state index contributed by atoms with van der Waals surface area (Å²) < 4.78 is 5.45. The Morgan fingerprint density at radius 2 is 2.15 bits per heavy atom. The largest absolute Gasteiger partial charge is 0.495 e. The summed E-state index contributed by atoms with van der Waals surface area (Å²) in [6, 6.07) is 7.52. The molecule has 0 saturated carbocycles. The quantitative estimate of drug-likeness (QED) is 0.879. The van der Waals surface area contributed by atoms with Crippen molar-refractivity contribution in [3.63, 3.8) is 0 Å². The van der Waals surface area contributed by atoms with Gasteiger partial charge in [-0.25, -0.2) is 5.10 Å². The predicted molar refractivity (Wildman–Crippen MR) is 83.3 cm³/mol. The van der Waals surface area contributed by atoms with E-state index in [9.17, 15) is 4.79 Å². The first-order chi connectivity index (χ1) is 9.65. The van der Waals surface area contributed by atoms with Crippen LogP contribution in [0.1, 0.15) is 16.8 Å². The van der Waals surface area contributed by atoms with Crippen molar-refractivity contribution in [1.82, 2.24) is 10.2 Å². The maximum absolute atomic E-state index is 11.1. The van der Waals surface area contributed by atoms with Crippen molar-refractivity contribution >= 4 is 23.9 Å². The minimum atomic E-state index is -0.193. The topological polar surface area (TPSA) is 55.0 Å². The Bertz CT molecular complexity index is 693. The van der Waals surface area contributed by atoms with Gasteiger partial charge in [0.2, 0.25) is 0 Å². The van der Waals surface area contributed by atoms with Crippen LogP contribution in [-0.2, 0) is 0 Å². The number of hydrogen-bond acceptors (Lipinski definition) is 4.